The van der Waals surface area contributed by atoms with Crippen LogP contribution in [0.5, 0.6) is 0 Å². The number of thiophene rings is 1. The topological polar surface area (TPSA) is 26.3 Å². The molecule has 0 radical (unpaired) electrons. The molecule has 0 spiro atoms. The number of carbonyl (C=O) groups is 1. The van der Waals surface area contributed by atoms with Gasteiger partial charge in [0.15, 0.2) is 0 Å². The zero-order valence-corrected chi connectivity index (χ0v) is 12.6. The zero-order chi connectivity index (χ0) is 15.2. The van der Waals surface area contributed by atoms with Crippen LogP contribution in [-0.4, -0.2) is 5.97 Å². The second-order valence-corrected chi connectivity index (χ2v) is 5.47. The van der Waals surface area contributed by atoms with E-state index in [0.717, 1.165) is 11.1 Å². The molecule has 0 atom stereocenters. The Morgan fingerprint density at radius 1 is 0.864 bits per heavy atom. The van der Waals surface area contributed by atoms with Crippen molar-refractivity contribution in [1.82, 2.24) is 0 Å². The first kappa shape index (κ1) is 14.3. The number of ether oxygens (including phenoxy) is 1. The van der Waals surface area contributed by atoms with Crippen LogP contribution in [-0.2, 0) is 4.74 Å². The van der Waals surface area contributed by atoms with E-state index >= 15 is 0 Å². The number of hydrogen-bond donors (Lipinski definition) is 0. The lowest BCUT2D eigenvalue weighted by atomic mass is 10.1. The van der Waals surface area contributed by atoms with Crippen molar-refractivity contribution in [2.75, 3.05) is 0 Å². The lowest BCUT2D eigenvalue weighted by Crippen LogP contribution is -2.03. The Balaban J connectivity index is 1.93. The summed E-state index contributed by atoms with van der Waals surface area (Å²) in [4.78, 5) is 12.2. The van der Waals surface area contributed by atoms with E-state index in [1.165, 1.54) is 11.3 Å². The lowest BCUT2D eigenvalue weighted by Gasteiger charge is -2.09. The average molecular weight is 306 g/mol. The van der Waals surface area contributed by atoms with E-state index in [4.69, 9.17) is 4.74 Å². The molecule has 0 unspecified atom stereocenters. The van der Waals surface area contributed by atoms with Crippen LogP contribution < -0.4 is 0 Å². The van der Waals surface area contributed by atoms with Crippen molar-refractivity contribution in [3.05, 3.63) is 94.2 Å². The fourth-order valence-electron chi connectivity index (χ4n) is 2.01. The summed E-state index contributed by atoms with van der Waals surface area (Å²) in [6.07, 6.45) is 1.87. The zero-order valence-electron chi connectivity index (χ0n) is 11.8. The monoisotopic (exact) mass is 306 g/mol. The average Bonchev–Trinajstić information content (AvgIpc) is 3.11. The minimum absolute atomic E-state index is 0.340. The molecule has 0 saturated carbocycles. The first-order chi connectivity index (χ1) is 10.8. The molecule has 0 aliphatic rings. The maximum atomic E-state index is 12.2. The minimum Gasteiger partial charge on any atom is -0.422 e. The van der Waals surface area contributed by atoms with Gasteiger partial charge < -0.3 is 4.74 Å². The molecular weight excluding hydrogens is 292 g/mol. The van der Waals surface area contributed by atoms with E-state index in [1.54, 1.807) is 11.4 Å². The number of esters is 1. The molecule has 1 heterocycles. The van der Waals surface area contributed by atoms with Gasteiger partial charge in [0.2, 0.25) is 0 Å². The predicted molar refractivity (Wildman–Crippen MR) is 90.5 cm³/mol. The second kappa shape index (κ2) is 6.87. The van der Waals surface area contributed by atoms with Crippen LogP contribution in [0.4, 0.5) is 0 Å². The SMILES string of the molecule is O=C(O/C(=C\c1ccccc1)c1ccccc1)c1ccsc1. The maximum Gasteiger partial charge on any atom is 0.344 e. The Labute approximate surface area is 133 Å². The molecule has 0 aliphatic heterocycles. The highest BCUT2D eigenvalue weighted by Crippen LogP contribution is 2.21. The van der Waals surface area contributed by atoms with Crippen LogP contribution in [0.25, 0.3) is 11.8 Å². The van der Waals surface area contributed by atoms with Gasteiger partial charge in [0.05, 0.1) is 5.56 Å². The van der Waals surface area contributed by atoms with Gasteiger partial charge in [-0.15, -0.1) is 0 Å². The third-order valence-corrected chi connectivity index (χ3v) is 3.80. The predicted octanol–water partition coefficient (Wildman–Crippen LogP) is 5.10. The maximum absolute atomic E-state index is 12.2. The number of carbonyl (C=O) groups excluding carboxylic acids is 1. The summed E-state index contributed by atoms with van der Waals surface area (Å²) in [6.45, 7) is 0. The molecule has 2 nitrogen and oxygen atoms in total. The molecule has 0 aliphatic carbocycles. The standard InChI is InChI=1S/C19H14O2S/c20-19(17-11-12-22-14-17)21-18(16-9-5-2-6-10-16)13-15-7-3-1-4-8-15/h1-14H/b18-13-. The van der Waals surface area contributed by atoms with Gasteiger partial charge in [0, 0.05) is 10.9 Å². The molecule has 3 heteroatoms. The summed E-state index contributed by atoms with van der Waals surface area (Å²) in [5, 5.41) is 3.65. The molecule has 22 heavy (non-hydrogen) atoms. The van der Waals surface area contributed by atoms with Gasteiger partial charge in [-0.25, -0.2) is 4.79 Å². The second-order valence-electron chi connectivity index (χ2n) is 4.69. The summed E-state index contributed by atoms with van der Waals surface area (Å²) in [7, 11) is 0. The van der Waals surface area contributed by atoms with Crippen molar-refractivity contribution in [1.29, 1.82) is 0 Å². The molecule has 3 aromatic rings. The van der Waals surface area contributed by atoms with Crippen LogP contribution in [0.15, 0.2) is 77.5 Å². The van der Waals surface area contributed by atoms with E-state index in [2.05, 4.69) is 0 Å². The fraction of sp³-hybridized carbons (Fsp3) is 0. The summed E-state index contributed by atoms with van der Waals surface area (Å²) < 4.78 is 5.61. The van der Waals surface area contributed by atoms with Crippen LogP contribution >= 0.6 is 11.3 Å². The molecule has 3 rings (SSSR count). The van der Waals surface area contributed by atoms with E-state index in [9.17, 15) is 4.79 Å². The van der Waals surface area contributed by atoms with Crippen LogP contribution in [0.3, 0.4) is 0 Å². The Bertz CT molecular complexity index is 760. The van der Waals surface area contributed by atoms with Gasteiger partial charge in [-0.1, -0.05) is 60.7 Å². The molecule has 0 saturated heterocycles. The Hall–Kier alpha value is -2.65. The van der Waals surface area contributed by atoms with Crippen molar-refractivity contribution < 1.29 is 9.53 Å². The third-order valence-electron chi connectivity index (χ3n) is 3.12. The first-order valence-corrected chi connectivity index (χ1v) is 7.84. The van der Waals surface area contributed by atoms with E-state index in [0.29, 0.717) is 11.3 Å². The number of benzene rings is 2. The molecule has 0 amide bonds. The van der Waals surface area contributed by atoms with Crippen molar-refractivity contribution in [2.45, 2.75) is 0 Å². The van der Waals surface area contributed by atoms with Gasteiger partial charge in [0.25, 0.3) is 0 Å². The summed E-state index contributed by atoms with van der Waals surface area (Å²) in [5.41, 5.74) is 2.43. The molecule has 0 bridgehead atoms. The van der Waals surface area contributed by atoms with Gasteiger partial charge in [0.1, 0.15) is 5.76 Å². The highest BCUT2D eigenvalue weighted by Gasteiger charge is 2.12. The van der Waals surface area contributed by atoms with Crippen LogP contribution in [0.2, 0.25) is 0 Å². The molecule has 1 aromatic heterocycles. The Kier molecular flexibility index (Phi) is 4.47. The lowest BCUT2D eigenvalue weighted by molar-refractivity contribution is 0.0694. The van der Waals surface area contributed by atoms with Gasteiger partial charge in [-0.2, -0.15) is 11.3 Å². The Morgan fingerprint density at radius 3 is 2.18 bits per heavy atom. The first-order valence-electron chi connectivity index (χ1n) is 6.89. The largest absolute Gasteiger partial charge is 0.422 e. The molecule has 108 valence electrons. The summed E-state index contributed by atoms with van der Waals surface area (Å²) in [5.74, 6) is 0.204. The number of rotatable bonds is 4. The molecule has 2 aromatic carbocycles. The van der Waals surface area contributed by atoms with Gasteiger partial charge in [-0.05, 0) is 23.1 Å². The van der Waals surface area contributed by atoms with Gasteiger partial charge >= 0.3 is 5.97 Å². The van der Waals surface area contributed by atoms with Crippen molar-refractivity contribution in [3.63, 3.8) is 0 Å². The van der Waals surface area contributed by atoms with Crippen LogP contribution in [0.1, 0.15) is 21.5 Å². The van der Waals surface area contributed by atoms with E-state index < -0.39 is 0 Å². The number of hydrogen-bond acceptors (Lipinski definition) is 3. The summed E-state index contributed by atoms with van der Waals surface area (Å²) in [6, 6.07) is 21.2. The highest BCUT2D eigenvalue weighted by molar-refractivity contribution is 7.08. The van der Waals surface area contributed by atoms with Crippen molar-refractivity contribution in [3.8, 4) is 0 Å². The normalized spacial score (nSPS) is 11.2. The quantitative estimate of drug-likeness (QED) is 0.380. The minimum atomic E-state index is -0.340. The molecule has 0 fully saturated rings. The van der Waals surface area contributed by atoms with Gasteiger partial charge in [-0.3, -0.25) is 0 Å². The summed E-state index contributed by atoms with van der Waals surface area (Å²) >= 11 is 1.47. The Morgan fingerprint density at radius 2 is 1.55 bits per heavy atom. The molecular formula is C19H14O2S. The molecule has 0 N–H and O–H groups in total. The van der Waals surface area contributed by atoms with E-state index in [-0.39, 0.29) is 5.97 Å². The van der Waals surface area contributed by atoms with Crippen molar-refractivity contribution in [2.24, 2.45) is 0 Å². The van der Waals surface area contributed by atoms with E-state index in [1.807, 2.05) is 72.1 Å². The fourth-order valence-corrected chi connectivity index (χ4v) is 2.64. The third kappa shape index (κ3) is 3.51. The highest BCUT2D eigenvalue weighted by atomic mass is 32.1. The van der Waals surface area contributed by atoms with Crippen LogP contribution in [0, 0.1) is 0 Å². The van der Waals surface area contributed by atoms with Crippen molar-refractivity contribution >= 4 is 29.1 Å². The smallest absolute Gasteiger partial charge is 0.344 e.